The van der Waals surface area contributed by atoms with Crippen molar-refractivity contribution in [3.8, 4) is 11.4 Å². The Morgan fingerprint density at radius 3 is 2.43 bits per heavy atom. The molecule has 0 aliphatic carbocycles. The zero-order valence-electron chi connectivity index (χ0n) is 20.2. The highest BCUT2D eigenvalue weighted by Crippen LogP contribution is 2.37. The SMILES string of the molecule is COC(=O)N1CCC(COc2c(C)c(C(=O)O)nc3c2c(C(C)C)nn3-c2ccc(F)cc2)CC1. The van der Waals surface area contributed by atoms with Gasteiger partial charge < -0.3 is 19.5 Å². The van der Waals surface area contributed by atoms with Gasteiger partial charge in [-0.15, -0.1) is 0 Å². The molecule has 9 nitrogen and oxygen atoms in total. The largest absolute Gasteiger partial charge is 0.492 e. The van der Waals surface area contributed by atoms with Gasteiger partial charge in [0, 0.05) is 18.7 Å². The fourth-order valence-corrected chi connectivity index (χ4v) is 4.40. The first-order valence-electron chi connectivity index (χ1n) is 11.6. The molecule has 0 bridgehead atoms. The number of hydrogen-bond donors (Lipinski definition) is 1. The summed E-state index contributed by atoms with van der Waals surface area (Å²) < 4.78 is 26.2. The van der Waals surface area contributed by atoms with Crippen LogP contribution in [0.25, 0.3) is 16.7 Å². The van der Waals surface area contributed by atoms with Crippen LogP contribution in [0.4, 0.5) is 9.18 Å². The number of rotatable bonds is 6. The Kier molecular flexibility index (Phi) is 6.90. The number of methoxy groups -OCH3 is 1. The topological polar surface area (TPSA) is 107 Å². The van der Waals surface area contributed by atoms with Gasteiger partial charge in [-0.1, -0.05) is 13.8 Å². The summed E-state index contributed by atoms with van der Waals surface area (Å²) in [5, 5.41) is 15.2. The molecule has 1 aromatic carbocycles. The van der Waals surface area contributed by atoms with E-state index in [9.17, 15) is 19.1 Å². The molecule has 2 aromatic heterocycles. The second kappa shape index (κ2) is 9.89. The molecule has 1 fully saturated rings. The Morgan fingerprint density at radius 1 is 1.20 bits per heavy atom. The lowest BCUT2D eigenvalue weighted by molar-refractivity contribution is 0.0689. The standard InChI is InChI=1S/C25H29FN4O5/c1-14(2)20-19-22(35-13-16-9-11-29(12-10-16)25(33)34-4)15(3)21(24(31)32)27-23(19)30(28-20)18-7-5-17(26)6-8-18/h5-8,14,16H,9-13H2,1-4H3,(H,31,32). The lowest BCUT2D eigenvalue weighted by Gasteiger charge is -2.31. The van der Waals surface area contributed by atoms with Crippen molar-refractivity contribution in [2.45, 2.75) is 39.5 Å². The first-order valence-corrected chi connectivity index (χ1v) is 11.6. The van der Waals surface area contributed by atoms with Gasteiger partial charge in [0.15, 0.2) is 11.3 Å². The maximum Gasteiger partial charge on any atom is 0.409 e. The highest BCUT2D eigenvalue weighted by molar-refractivity contribution is 5.96. The molecule has 3 heterocycles. The van der Waals surface area contributed by atoms with Crippen LogP contribution in [0.15, 0.2) is 24.3 Å². The van der Waals surface area contributed by atoms with Crippen LogP contribution in [0.3, 0.4) is 0 Å². The van der Waals surface area contributed by atoms with Crippen molar-refractivity contribution in [3.63, 3.8) is 0 Å². The van der Waals surface area contributed by atoms with Gasteiger partial charge in [-0.05, 0) is 55.9 Å². The van der Waals surface area contributed by atoms with Crippen LogP contribution in [-0.2, 0) is 4.74 Å². The summed E-state index contributed by atoms with van der Waals surface area (Å²) >= 11 is 0. The monoisotopic (exact) mass is 484 g/mol. The summed E-state index contributed by atoms with van der Waals surface area (Å²) in [4.78, 5) is 29.9. The minimum absolute atomic E-state index is 0.00159. The molecule has 0 unspecified atom stereocenters. The summed E-state index contributed by atoms with van der Waals surface area (Å²) in [6, 6.07) is 5.79. The lowest BCUT2D eigenvalue weighted by atomic mass is 9.98. The maximum atomic E-state index is 13.5. The van der Waals surface area contributed by atoms with Gasteiger partial charge in [0.1, 0.15) is 11.6 Å². The van der Waals surface area contributed by atoms with Crippen molar-refractivity contribution in [1.29, 1.82) is 0 Å². The van der Waals surface area contributed by atoms with Crippen LogP contribution >= 0.6 is 0 Å². The second-order valence-electron chi connectivity index (χ2n) is 9.06. The molecule has 1 aliphatic heterocycles. The summed E-state index contributed by atoms with van der Waals surface area (Å²) in [5.74, 6) is -0.909. The Morgan fingerprint density at radius 2 is 1.86 bits per heavy atom. The van der Waals surface area contributed by atoms with E-state index in [1.54, 1.807) is 24.0 Å². The summed E-state index contributed by atoms with van der Waals surface area (Å²) in [6.45, 7) is 7.18. The highest BCUT2D eigenvalue weighted by atomic mass is 19.1. The molecule has 0 radical (unpaired) electrons. The van der Waals surface area contributed by atoms with Crippen molar-refractivity contribution >= 4 is 23.1 Å². The zero-order chi connectivity index (χ0) is 25.3. The first kappa shape index (κ1) is 24.4. The molecule has 35 heavy (non-hydrogen) atoms. The number of fused-ring (bicyclic) bond motifs is 1. The molecule has 186 valence electrons. The molecule has 1 N–H and O–H groups in total. The van der Waals surface area contributed by atoms with E-state index < -0.39 is 5.97 Å². The van der Waals surface area contributed by atoms with Crippen molar-refractivity contribution in [3.05, 3.63) is 47.0 Å². The van der Waals surface area contributed by atoms with E-state index in [1.165, 1.54) is 23.9 Å². The molecule has 0 saturated carbocycles. The van der Waals surface area contributed by atoms with Crippen LogP contribution in [0.1, 0.15) is 54.4 Å². The lowest BCUT2D eigenvalue weighted by Crippen LogP contribution is -2.39. The number of carboxylic acids is 1. The number of aromatic nitrogens is 3. The van der Waals surface area contributed by atoms with E-state index in [2.05, 4.69) is 4.98 Å². The van der Waals surface area contributed by atoms with Crippen LogP contribution in [0.5, 0.6) is 5.75 Å². The third kappa shape index (κ3) is 4.78. The summed E-state index contributed by atoms with van der Waals surface area (Å²) in [7, 11) is 1.37. The third-order valence-electron chi connectivity index (χ3n) is 6.36. The van der Waals surface area contributed by atoms with E-state index in [4.69, 9.17) is 14.6 Å². The molecule has 1 aliphatic rings. The third-order valence-corrected chi connectivity index (χ3v) is 6.36. The van der Waals surface area contributed by atoms with Gasteiger partial charge in [0.25, 0.3) is 0 Å². The molecular weight excluding hydrogens is 455 g/mol. The molecule has 3 aromatic rings. The number of hydrogen-bond acceptors (Lipinski definition) is 6. The maximum absolute atomic E-state index is 13.5. The predicted octanol–water partition coefficient (Wildman–Crippen LogP) is 4.55. The van der Waals surface area contributed by atoms with Crippen molar-refractivity contribution in [2.24, 2.45) is 5.92 Å². The van der Waals surface area contributed by atoms with Crippen LogP contribution < -0.4 is 4.74 Å². The van der Waals surface area contributed by atoms with E-state index in [-0.39, 0.29) is 29.4 Å². The normalized spacial score (nSPS) is 14.5. The number of carbonyl (C=O) groups excluding carboxylic acids is 1. The quantitative estimate of drug-likeness (QED) is 0.547. The number of pyridine rings is 1. The molecule has 0 atom stereocenters. The number of piperidine rings is 1. The fraction of sp³-hybridized carbons (Fsp3) is 0.440. The van der Waals surface area contributed by atoms with Gasteiger partial charge in [-0.3, -0.25) is 0 Å². The smallest absolute Gasteiger partial charge is 0.409 e. The first-order chi connectivity index (χ1) is 16.7. The average Bonchev–Trinajstić information content (AvgIpc) is 3.23. The Hall–Kier alpha value is -3.69. The predicted molar refractivity (Wildman–Crippen MR) is 127 cm³/mol. The van der Waals surface area contributed by atoms with Gasteiger partial charge >= 0.3 is 12.1 Å². The number of nitrogens with zero attached hydrogens (tertiary/aromatic N) is 4. The number of aromatic carboxylic acids is 1. The van der Waals surface area contributed by atoms with Crippen molar-refractivity contribution < 1.29 is 28.6 Å². The van der Waals surface area contributed by atoms with Crippen LogP contribution in [-0.4, -0.2) is 63.6 Å². The number of halogens is 1. The molecule has 1 amide bonds. The van der Waals surface area contributed by atoms with Gasteiger partial charge in [0.2, 0.25) is 0 Å². The van der Waals surface area contributed by atoms with Gasteiger partial charge in [0.05, 0.1) is 30.5 Å². The summed E-state index contributed by atoms with van der Waals surface area (Å²) in [6.07, 6.45) is 1.16. The number of ether oxygens (including phenoxy) is 2. The number of carbonyl (C=O) groups is 2. The second-order valence-corrected chi connectivity index (χ2v) is 9.06. The van der Waals surface area contributed by atoms with E-state index in [0.717, 1.165) is 12.8 Å². The fourth-order valence-electron chi connectivity index (χ4n) is 4.40. The van der Waals surface area contributed by atoms with Crippen LogP contribution in [0.2, 0.25) is 0 Å². The minimum atomic E-state index is -1.17. The van der Waals surface area contributed by atoms with Gasteiger partial charge in [-0.25, -0.2) is 23.6 Å². The number of amides is 1. The van der Waals surface area contributed by atoms with Gasteiger partial charge in [-0.2, -0.15) is 5.10 Å². The average molecular weight is 485 g/mol. The van der Waals surface area contributed by atoms with E-state index >= 15 is 0 Å². The van der Waals surface area contributed by atoms with Crippen molar-refractivity contribution in [2.75, 3.05) is 26.8 Å². The zero-order valence-corrected chi connectivity index (χ0v) is 20.2. The number of likely N-dealkylation sites (tertiary alicyclic amines) is 1. The molecule has 1 saturated heterocycles. The highest BCUT2D eigenvalue weighted by Gasteiger charge is 2.28. The minimum Gasteiger partial charge on any atom is -0.492 e. The summed E-state index contributed by atoms with van der Waals surface area (Å²) in [5.41, 5.74) is 1.94. The molecule has 0 spiro atoms. The number of carboxylic acid groups (broad SMARTS) is 1. The Labute approximate surface area is 202 Å². The van der Waals surface area contributed by atoms with Crippen molar-refractivity contribution in [1.82, 2.24) is 19.7 Å². The van der Waals surface area contributed by atoms with E-state index in [0.29, 0.717) is 53.4 Å². The molecule has 10 heteroatoms. The Balaban J connectivity index is 1.74. The Bertz CT molecular complexity index is 1250. The molecular formula is C25H29FN4O5. The van der Waals surface area contributed by atoms with Crippen LogP contribution in [0, 0.1) is 18.7 Å². The number of benzene rings is 1. The molecule has 4 rings (SSSR count). The van der Waals surface area contributed by atoms with E-state index in [1.807, 2.05) is 13.8 Å².